The maximum absolute atomic E-state index is 12.1. The van der Waals surface area contributed by atoms with Gasteiger partial charge in [0.15, 0.2) is 0 Å². The van der Waals surface area contributed by atoms with Gasteiger partial charge >= 0.3 is 6.18 Å². The van der Waals surface area contributed by atoms with Crippen molar-refractivity contribution in [1.82, 2.24) is 0 Å². The van der Waals surface area contributed by atoms with E-state index in [0.717, 1.165) is 6.29 Å². The standard InChI is InChI=1S/C13H14F3IO2/c14-13(15,16)8-11(17)2-1-7-19-12-5-3-10(9-18)4-6-12/h3-6,9,11H,1-2,7-8H2. The Bertz CT molecular complexity index is 390. The van der Waals surface area contributed by atoms with E-state index in [1.165, 1.54) is 0 Å². The molecule has 0 heterocycles. The third-order valence-corrected chi connectivity index (χ3v) is 3.46. The van der Waals surface area contributed by atoms with Crippen molar-refractivity contribution in [3.8, 4) is 5.75 Å². The van der Waals surface area contributed by atoms with Crippen molar-refractivity contribution in [2.75, 3.05) is 6.61 Å². The first-order valence-electron chi connectivity index (χ1n) is 5.79. The van der Waals surface area contributed by atoms with Gasteiger partial charge in [0.05, 0.1) is 13.0 Å². The Kier molecular flexibility index (Phi) is 6.60. The second kappa shape index (κ2) is 7.72. The quantitative estimate of drug-likeness (QED) is 0.300. The number of ether oxygens (including phenoxy) is 1. The molecule has 6 heteroatoms. The number of carbonyl (C=O) groups excluding carboxylic acids is 1. The molecule has 0 fully saturated rings. The van der Waals surface area contributed by atoms with Crippen LogP contribution in [0.2, 0.25) is 0 Å². The summed E-state index contributed by atoms with van der Waals surface area (Å²) in [7, 11) is 0. The Morgan fingerprint density at radius 3 is 2.42 bits per heavy atom. The van der Waals surface area contributed by atoms with Crippen LogP contribution < -0.4 is 4.74 Å². The van der Waals surface area contributed by atoms with Gasteiger partial charge in [0.2, 0.25) is 0 Å². The van der Waals surface area contributed by atoms with E-state index < -0.39 is 16.5 Å². The fraction of sp³-hybridized carbons (Fsp3) is 0.462. The van der Waals surface area contributed by atoms with Crippen molar-refractivity contribution in [2.24, 2.45) is 0 Å². The molecule has 1 unspecified atom stereocenters. The van der Waals surface area contributed by atoms with Gasteiger partial charge in [-0.3, -0.25) is 4.79 Å². The number of hydrogen-bond donors (Lipinski definition) is 0. The van der Waals surface area contributed by atoms with Gasteiger partial charge in [-0.05, 0) is 37.1 Å². The third kappa shape index (κ3) is 7.39. The minimum Gasteiger partial charge on any atom is -0.494 e. The van der Waals surface area contributed by atoms with Crippen LogP contribution in [0, 0.1) is 0 Å². The summed E-state index contributed by atoms with van der Waals surface area (Å²) in [4.78, 5) is 10.4. The maximum atomic E-state index is 12.1. The lowest BCUT2D eigenvalue weighted by Crippen LogP contribution is -2.15. The highest BCUT2D eigenvalue weighted by Gasteiger charge is 2.30. The van der Waals surface area contributed by atoms with Gasteiger partial charge < -0.3 is 4.74 Å². The SMILES string of the molecule is O=Cc1ccc(OCCCC(I)CC(F)(F)F)cc1. The van der Waals surface area contributed by atoms with E-state index in [-0.39, 0.29) is 0 Å². The third-order valence-electron chi connectivity index (χ3n) is 2.40. The van der Waals surface area contributed by atoms with Crippen LogP contribution in [0.25, 0.3) is 0 Å². The molecular formula is C13H14F3IO2. The smallest absolute Gasteiger partial charge is 0.390 e. The Morgan fingerprint density at radius 2 is 1.89 bits per heavy atom. The van der Waals surface area contributed by atoms with Gasteiger partial charge in [0, 0.05) is 9.49 Å². The summed E-state index contributed by atoms with van der Waals surface area (Å²) in [6, 6.07) is 6.60. The molecule has 0 aliphatic carbocycles. The summed E-state index contributed by atoms with van der Waals surface area (Å²) >= 11 is 1.82. The molecule has 0 spiro atoms. The van der Waals surface area contributed by atoms with Crippen molar-refractivity contribution in [3.05, 3.63) is 29.8 Å². The highest BCUT2D eigenvalue weighted by molar-refractivity contribution is 14.1. The lowest BCUT2D eigenvalue weighted by atomic mass is 10.2. The monoisotopic (exact) mass is 386 g/mol. The Morgan fingerprint density at radius 1 is 1.26 bits per heavy atom. The van der Waals surface area contributed by atoms with E-state index in [2.05, 4.69) is 0 Å². The van der Waals surface area contributed by atoms with Gasteiger partial charge in [-0.1, -0.05) is 22.6 Å². The molecule has 0 amide bonds. The molecule has 106 valence electrons. The highest BCUT2D eigenvalue weighted by atomic mass is 127. The number of rotatable bonds is 7. The van der Waals surface area contributed by atoms with Crippen molar-refractivity contribution < 1.29 is 22.7 Å². The minimum atomic E-state index is -4.10. The number of alkyl halides is 4. The molecule has 0 bridgehead atoms. The fourth-order valence-electron chi connectivity index (χ4n) is 1.49. The largest absolute Gasteiger partial charge is 0.494 e. The van der Waals surface area contributed by atoms with E-state index >= 15 is 0 Å². The van der Waals surface area contributed by atoms with E-state index in [0.29, 0.717) is 30.8 Å². The molecule has 1 aromatic carbocycles. The van der Waals surface area contributed by atoms with E-state index in [9.17, 15) is 18.0 Å². The number of aldehydes is 1. The van der Waals surface area contributed by atoms with Crippen LogP contribution in [0.1, 0.15) is 29.6 Å². The van der Waals surface area contributed by atoms with Crippen molar-refractivity contribution in [3.63, 3.8) is 0 Å². The van der Waals surface area contributed by atoms with Gasteiger partial charge in [-0.2, -0.15) is 13.2 Å². The summed E-state index contributed by atoms with van der Waals surface area (Å²) in [6.07, 6.45) is -3.09. The average molecular weight is 386 g/mol. The molecule has 19 heavy (non-hydrogen) atoms. The van der Waals surface area contributed by atoms with Gasteiger partial charge in [-0.25, -0.2) is 0 Å². The average Bonchev–Trinajstić information content (AvgIpc) is 2.33. The molecule has 0 aliphatic rings. The zero-order valence-corrected chi connectivity index (χ0v) is 12.3. The summed E-state index contributed by atoms with van der Waals surface area (Å²) in [6.45, 7) is 0.373. The second-order valence-corrected chi connectivity index (χ2v) is 5.86. The molecule has 1 atom stereocenters. The number of halogens is 4. The van der Waals surface area contributed by atoms with Crippen molar-refractivity contribution in [2.45, 2.75) is 29.4 Å². The summed E-state index contributed by atoms with van der Waals surface area (Å²) in [5, 5.41) is 0. The summed E-state index contributed by atoms with van der Waals surface area (Å²) in [5.74, 6) is 0.617. The zero-order chi connectivity index (χ0) is 14.3. The lowest BCUT2D eigenvalue weighted by Gasteiger charge is -2.12. The molecule has 0 radical (unpaired) electrons. The Balaban J connectivity index is 2.21. The molecule has 0 N–H and O–H groups in total. The highest BCUT2D eigenvalue weighted by Crippen LogP contribution is 2.27. The summed E-state index contributed by atoms with van der Waals surface area (Å²) < 4.78 is 41.2. The predicted molar refractivity (Wildman–Crippen MR) is 75.0 cm³/mol. The van der Waals surface area contributed by atoms with Gasteiger partial charge in [0.1, 0.15) is 12.0 Å². The summed E-state index contributed by atoms with van der Waals surface area (Å²) in [5.41, 5.74) is 0.560. The molecule has 0 saturated carbocycles. The molecule has 0 saturated heterocycles. The zero-order valence-electron chi connectivity index (χ0n) is 10.1. The first-order chi connectivity index (χ1) is 8.90. The Hall–Kier alpha value is -0.790. The molecule has 1 aromatic rings. The van der Waals surface area contributed by atoms with Crippen LogP contribution in [0.4, 0.5) is 13.2 Å². The van der Waals surface area contributed by atoms with Crippen LogP contribution in [-0.4, -0.2) is 23.0 Å². The van der Waals surface area contributed by atoms with Crippen molar-refractivity contribution in [1.29, 1.82) is 0 Å². The molecule has 0 aromatic heterocycles. The second-order valence-electron chi connectivity index (χ2n) is 4.09. The topological polar surface area (TPSA) is 26.3 Å². The van der Waals surface area contributed by atoms with Crippen LogP contribution in [-0.2, 0) is 0 Å². The van der Waals surface area contributed by atoms with Gasteiger partial charge in [-0.15, -0.1) is 0 Å². The number of benzene rings is 1. The first-order valence-corrected chi connectivity index (χ1v) is 7.04. The van der Waals surface area contributed by atoms with Crippen LogP contribution in [0.15, 0.2) is 24.3 Å². The Labute approximate surface area is 123 Å². The fourth-order valence-corrected chi connectivity index (χ4v) is 2.43. The molecule has 1 rings (SSSR count). The lowest BCUT2D eigenvalue weighted by molar-refractivity contribution is -0.133. The van der Waals surface area contributed by atoms with Crippen molar-refractivity contribution >= 4 is 28.9 Å². The molecular weight excluding hydrogens is 372 g/mol. The maximum Gasteiger partial charge on any atom is 0.390 e. The predicted octanol–water partition coefficient (Wildman–Crippen LogP) is 4.41. The van der Waals surface area contributed by atoms with E-state index in [1.807, 2.05) is 22.6 Å². The van der Waals surface area contributed by atoms with Crippen LogP contribution in [0.3, 0.4) is 0 Å². The normalized spacial score (nSPS) is 13.1. The molecule has 2 nitrogen and oxygen atoms in total. The number of hydrogen-bond acceptors (Lipinski definition) is 2. The van der Waals surface area contributed by atoms with E-state index in [4.69, 9.17) is 4.74 Å². The van der Waals surface area contributed by atoms with Gasteiger partial charge in [0.25, 0.3) is 0 Å². The minimum absolute atomic E-state index is 0.373. The van der Waals surface area contributed by atoms with E-state index in [1.54, 1.807) is 24.3 Å². The molecule has 0 aliphatic heterocycles. The van der Waals surface area contributed by atoms with Crippen LogP contribution in [0.5, 0.6) is 5.75 Å². The van der Waals surface area contributed by atoms with Crippen LogP contribution >= 0.6 is 22.6 Å². The first kappa shape index (κ1) is 16.3. The number of carbonyl (C=O) groups is 1.